The Morgan fingerprint density at radius 3 is 1.92 bits per heavy atom. The van der Waals surface area contributed by atoms with Crippen LogP contribution in [0.15, 0.2) is 65.7 Å². The Morgan fingerprint density at radius 2 is 1.34 bits per heavy atom. The molecule has 53 heavy (non-hydrogen) atoms. The van der Waals surface area contributed by atoms with E-state index in [1.165, 1.54) is 28.0 Å². The van der Waals surface area contributed by atoms with Gasteiger partial charge >= 0.3 is 24.1 Å². The number of piperazine rings is 2. The van der Waals surface area contributed by atoms with Crippen LogP contribution in [0, 0.1) is 0 Å². The molecule has 0 saturated carbocycles. The van der Waals surface area contributed by atoms with Crippen LogP contribution in [-0.4, -0.2) is 128 Å². The van der Waals surface area contributed by atoms with Crippen molar-refractivity contribution in [3.63, 3.8) is 0 Å². The van der Waals surface area contributed by atoms with Crippen LogP contribution in [0.4, 0.5) is 9.59 Å². The SMILES string of the molecule is COC(=O)C1CN(Cc2cccc3c2ccn3S(=O)(=O)c2ccccc2)CCN1C(=O)OC(C)(C)C.COC(=O)C1CNCCN1C(=O)OC(C)(C)C. The highest BCUT2D eigenvalue weighted by atomic mass is 32.2. The molecular weight excluding hydrogens is 706 g/mol. The number of fused-ring (bicyclic) bond motifs is 1. The number of benzene rings is 2. The average molecular weight is 758 g/mol. The molecule has 15 nitrogen and oxygen atoms in total. The lowest BCUT2D eigenvalue weighted by molar-refractivity contribution is -0.149. The zero-order valence-electron chi connectivity index (χ0n) is 31.7. The lowest BCUT2D eigenvalue weighted by Gasteiger charge is -2.40. The van der Waals surface area contributed by atoms with Gasteiger partial charge in [0, 0.05) is 57.4 Å². The van der Waals surface area contributed by atoms with E-state index in [4.69, 9.17) is 14.2 Å². The summed E-state index contributed by atoms with van der Waals surface area (Å²) < 4.78 is 48.1. The van der Waals surface area contributed by atoms with E-state index >= 15 is 0 Å². The van der Waals surface area contributed by atoms with E-state index in [1.54, 1.807) is 90.2 Å². The molecule has 2 saturated heterocycles. The van der Waals surface area contributed by atoms with Gasteiger partial charge in [-0.05, 0) is 71.4 Å². The van der Waals surface area contributed by atoms with Gasteiger partial charge in [-0.3, -0.25) is 14.7 Å². The van der Waals surface area contributed by atoms with Gasteiger partial charge in [0.15, 0.2) is 0 Å². The molecule has 0 radical (unpaired) electrons. The molecule has 290 valence electrons. The van der Waals surface area contributed by atoms with Crippen molar-refractivity contribution in [2.45, 2.75) is 76.3 Å². The second-order valence-corrected chi connectivity index (χ2v) is 16.5. The second kappa shape index (κ2) is 17.0. The van der Waals surface area contributed by atoms with Crippen LogP contribution < -0.4 is 5.32 Å². The predicted molar refractivity (Wildman–Crippen MR) is 197 cm³/mol. The molecule has 0 spiro atoms. The second-order valence-electron chi connectivity index (χ2n) is 14.6. The molecule has 2 unspecified atom stereocenters. The van der Waals surface area contributed by atoms with E-state index in [1.807, 2.05) is 12.1 Å². The molecule has 5 rings (SSSR count). The van der Waals surface area contributed by atoms with Gasteiger partial charge in [0.25, 0.3) is 10.0 Å². The van der Waals surface area contributed by atoms with Gasteiger partial charge in [-0.2, -0.15) is 0 Å². The minimum absolute atomic E-state index is 0.215. The largest absolute Gasteiger partial charge is 0.467 e. The molecule has 2 aliphatic rings. The number of ether oxygens (including phenoxy) is 4. The van der Waals surface area contributed by atoms with E-state index < -0.39 is 57.4 Å². The molecule has 0 aliphatic carbocycles. The molecule has 3 aromatic rings. The van der Waals surface area contributed by atoms with E-state index in [0.717, 1.165) is 10.9 Å². The summed E-state index contributed by atoms with van der Waals surface area (Å²) in [4.78, 5) is 53.8. The third-order valence-corrected chi connectivity index (χ3v) is 10.1. The summed E-state index contributed by atoms with van der Waals surface area (Å²) in [6.07, 6.45) is 0.533. The van der Waals surface area contributed by atoms with Crippen LogP contribution in [0.5, 0.6) is 0 Å². The molecule has 2 atom stereocenters. The first-order chi connectivity index (χ1) is 24.9. The van der Waals surface area contributed by atoms with Crippen LogP contribution in [0.3, 0.4) is 0 Å². The maximum absolute atomic E-state index is 13.2. The number of amides is 2. The van der Waals surface area contributed by atoms with Crippen LogP contribution in [0.25, 0.3) is 10.9 Å². The number of hydrogen-bond donors (Lipinski definition) is 1. The van der Waals surface area contributed by atoms with Crippen molar-refractivity contribution < 1.29 is 46.5 Å². The number of nitrogens with one attached hydrogen (secondary N) is 1. The van der Waals surface area contributed by atoms with Crippen molar-refractivity contribution >= 4 is 45.1 Å². The number of rotatable bonds is 6. The van der Waals surface area contributed by atoms with Gasteiger partial charge in [0.2, 0.25) is 0 Å². The summed E-state index contributed by atoms with van der Waals surface area (Å²) in [7, 11) is -1.14. The summed E-state index contributed by atoms with van der Waals surface area (Å²) in [5.74, 6) is -0.938. The molecule has 1 N–H and O–H groups in total. The Hall–Kier alpha value is -4.67. The van der Waals surface area contributed by atoms with E-state index in [-0.39, 0.29) is 11.4 Å². The van der Waals surface area contributed by atoms with Crippen LogP contribution in [0.2, 0.25) is 0 Å². The van der Waals surface area contributed by atoms with Gasteiger partial charge in [-0.15, -0.1) is 0 Å². The van der Waals surface area contributed by atoms with E-state index in [0.29, 0.717) is 44.8 Å². The maximum Gasteiger partial charge on any atom is 0.411 e. The van der Waals surface area contributed by atoms with Crippen LogP contribution >= 0.6 is 0 Å². The van der Waals surface area contributed by atoms with Crippen LogP contribution in [0.1, 0.15) is 47.1 Å². The maximum atomic E-state index is 13.2. The van der Waals surface area contributed by atoms with Crippen molar-refractivity contribution in [2.24, 2.45) is 0 Å². The molecule has 0 bridgehead atoms. The molecule has 2 aromatic carbocycles. The summed E-state index contributed by atoms with van der Waals surface area (Å²) >= 11 is 0. The zero-order chi connectivity index (χ0) is 39.1. The predicted octanol–water partition coefficient (Wildman–Crippen LogP) is 3.84. The van der Waals surface area contributed by atoms with Gasteiger partial charge in [-0.1, -0.05) is 30.3 Å². The summed E-state index contributed by atoms with van der Waals surface area (Å²) in [5, 5.41) is 3.85. The first kappa shape index (κ1) is 41.1. The molecule has 2 aliphatic heterocycles. The minimum atomic E-state index is -3.74. The van der Waals surface area contributed by atoms with E-state index in [2.05, 4.69) is 15.0 Å². The third-order valence-electron chi connectivity index (χ3n) is 8.39. The number of carbonyl (C=O) groups excluding carboxylic acids is 4. The molecule has 2 amide bonds. The first-order valence-corrected chi connectivity index (χ1v) is 18.8. The van der Waals surface area contributed by atoms with Crippen molar-refractivity contribution in [1.82, 2.24) is 24.0 Å². The van der Waals surface area contributed by atoms with E-state index in [9.17, 15) is 27.6 Å². The third kappa shape index (κ3) is 10.5. The molecular formula is C37H51N5O10S. The Labute approximate surface area is 311 Å². The highest BCUT2D eigenvalue weighted by molar-refractivity contribution is 7.90. The number of esters is 2. The van der Waals surface area contributed by atoms with Crippen molar-refractivity contribution in [1.29, 1.82) is 0 Å². The van der Waals surface area contributed by atoms with Crippen LogP contribution in [-0.2, 0) is 45.1 Å². The fourth-order valence-electron chi connectivity index (χ4n) is 5.95. The number of nitrogens with zero attached hydrogens (tertiary/aromatic N) is 4. The summed E-state index contributed by atoms with van der Waals surface area (Å²) in [5.41, 5.74) is 0.248. The summed E-state index contributed by atoms with van der Waals surface area (Å²) in [6.45, 7) is 13.7. The fourth-order valence-corrected chi connectivity index (χ4v) is 7.32. The fraction of sp³-hybridized carbons (Fsp3) is 0.514. The Kier molecular flexibility index (Phi) is 13.2. The minimum Gasteiger partial charge on any atom is -0.467 e. The Balaban J connectivity index is 0.000000310. The number of methoxy groups -OCH3 is 2. The van der Waals surface area contributed by atoms with Crippen molar-refractivity contribution in [3.8, 4) is 0 Å². The molecule has 3 heterocycles. The summed E-state index contributed by atoms with van der Waals surface area (Å²) in [6, 6.07) is 14.2. The topological polar surface area (TPSA) is 166 Å². The lowest BCUT2D eigenvalue weighted by Crippen LogP contribution is -2.59. The molecule has 16 heteroatoms. The number of aromatic nitrogens is 1. The quantitative estimate of drug-likeness (QED) is 0.286. The van der Waals surface area contributed by atoms with Gasteiger partial charge < -0.3 is 24.3 Å². The number of carbonyl (C=O) groups is 4. The standard InChI is InChI=1S/C26H31N3O6S.C11H20N2O4/c1-26(2,3)35-25(31)28-16-15-27(18-23(28)24(30)34-4)17-19-9-8-12-22-21(19)13-14-29(22)36(32,33)20-10-6-5-7-11-20;1-11(2,3)17-10(15)13-6-5-12-7-8(13)9(14)16-4/h5-14,23H,15-18H2,1-4H3;8,12H,5-7H2,1-4H3. The van der Waals surface area contributed by atoms with Crippen molar-refractivity contribution in [2.75, 3.05) is 53.5 Å². The zero-order valence-corrected chi connectivity index (χ0v) is 32.5. The van der Waals surface area contributed by atoms with Crippen molar-refractivity contribution in [3.05, 3.63) is 66.4 Å². The monoisotopic (exact) mass is 757 g/mol. The Bertz CT molecular complexity index is 1870. The van der Waals surface area contributed by atoms with Gasteiger partial charge in [0.1, 0.15) is 23.3 Å². The lowest BCUT2D eigenvalue weighted by atomic mass is 10.1. The van der Waals surface area contributed by atoms with Gasteiger partial charge in [0.05, 0.1) is 24.6 Å². The average Bonchev–Trinajstić information content (AvgIpc) is 3.56. The normalized spacial score (nSPS) is 18.4. The highest BCUT2D eigenvalue weighted by Crippen LogP contribution is 2.27. The number of hydrogen-bond acceptors (Lipinski definition) is 12. The molecule has 2 fully saturated rings. The molecule has 1 aromatic heterocycles. The Morgan fingerprint density at radius 1 is 0.755 bits per heavy atom. The van der Waals surface area contributed by atoms with Gasteiger partial charge in [-0.25, -0.2) is 31.6 Å². The first-order valence-electron chi connectivity index (χ1n) is 17.3. The highest BCUT2D eigenvalue weighted by Gasteiger charge is 2.39. The smallest absolute Gasteiger partial charge is 0.411 e.